The average molecular weight is 225 g/mol. The van der Waals surface area contributed by atoms with Crippen molar-refractivity contribution in [3.05, 3.63) is 0 Å². The van der Waals surface area contributed by atoms with Crippen LogP contribution in [0, 0.1) is 5.41 Å². The quantitative estimate of drug-likeness (QED) is 0.752. The van der Waals surface area contributed by atoms with Crippen molar-refractivity contribution in [2.45, 2.75) is 57.5 Å². The zero-order chi connectivity index (χ0) is 11.4. The summed E-state index contributed by atoms with van der Waals surface area (Å²) in [5.41, 5.74) is 5.93. The Morgan fingerprint density at radius 2 is 2.19 bits per heavy atom. The topological polar surface area (TPSA) is 52.3 Å². The molecule has 1 saturated heterocycles. The van der Waals surface area contributed by atoms with Crippen molar-refractivity contribution in [1.82, 2.24) is 0 Å². The number of ketones is 1. The van der Waals surface area contributed by atoms with Gasteiger partial charge in [-0.15, -0.1) is 0 Å². The molecule has 0 radical (unpaired) electrons. The van der Waals surface area contributed by atoms with E-state index in [9.17, 15) is 4.79 Å². The lowest BCUT2D eigenvalue weighted by atomic mass is 9.65. The molecule has 1 heterocycles. The number of hydrogen-bond donors (Lipinski definition) is 1. The first kappa shape index (κ1) is 12.1. The van der Waals surface area contributed by atoms with Crippen molar-refractivity contribution in [1.29, 1.82) is 0 Å². The smallest absolute Gasteiger partial charge is 0.133 e. The molecule has 0 aromatic heterocycles. The molecular formula is C13H23NO2. The molecule has 0 aromatic carbocycles. The van der Waals surface area contributed by atoms with Gasteiger partial charge in [0.05, 0.1) is 6.10 Å². The second-order valence-electron chi connectivity index (χ2n) is 5.45. The summed E-state index contributed by atoms with van der Waals surface area (Å²) in [7, 11) is 0. The minimum atomic E-state index is 0.174. The fourth-order valence-corrected chi connectivity index (χ4v) is 2.83. The number of carbonyl (C=O) groups is 1. The number of ether oxygens (including phenoxy) is 1. The van der Waals surface area contributed by atoms with Gasteiger partial charge in [-0.25, -0.2) is 0 Å². The van der Waals surface area contributed by atoms with E-state index >= 15 is 0 Å². The first-order chi connectivity index (χ1) is 7.74. The molecule has 1 aliphatic heterocycles. The number of nitrogens with two attached hydrogens (primary N) is 1. The molecule has 0 bridgehead atoms. The van der Waals surface area contributed by atoms with Gasteiger partial charge in [0.15, 0.2) is 0 Å². The lowest BCUT2D eigenvalue weighted by Crippen LogP contribution is -2.39. The van der Waals surface area contributed by atoms with E-state index < -0.39 is 0 Å². The van der Waals surface area contributed by atoms with Crippen LogP contribution in [0.2, 0.25) is 0 Å². The van der Waals surface area contributed by atoms with Crippen molar-refractivity contribution in [2.75, 3.05) is 13.2 Å². The fraction of sp³-hybridized carbons (Fsp3) is 0.923. The Labute approximate surface area is 97.7 Å². The van der Waals surface area contributed by atoms with Gasteiger partial charge < -0.3 is 10.5 Å². The monoisotopic (exact) mass is 225 g/mol. The zero-order valence-corrected chi connectivity index (χ0v) is 10.0. The van der Waals surface area contributed by atoms with E-state index in [1.54, 1.807) is 0 Å². The third-order valence-electron chi connectivity index (χ3n) is 4.19. The highest BCUT2D eigenvalue weighted by Crippen LogP contribution is 2.43. The van der Waals surface area contributed by atoms with Gasteiger partial charge in [-0.05, 0) is 44.1 Å². The van der Waals surface area contributed by atoms with Gasteiger partial charge in [0.25, 0.3) is 0 Å². The summed E-state index contributed by atoms with van der Waals surface area (Å²) in [5, 5.41) is 0. The normalized spacial score (nSPS) is 27.7. The molecule has 2 fully saturated rings. The molecule has 1 unspecified atom stereocenters. The molecule has 3 nitrogen and oxygen atoms in total. The van der Waals surface area contributed by atoms with Crippen LogP contribution in [0.4, 0.5) is 0 Å². The Kier molecular flexibility index (Phi) is 3.98. The van der Waals surface area contributed by atoms with Crippen LogP contribution in [0.25, 0.3) is 0 Å². The van der Waals surface area contributed by atoms with Gasteiger partial charge in [-0.2, -0.15) is 0 Å². The van der Waals surface area contributed by atoms with E-state index in [-0.39, 0.29) is 5.41 Å². The van der Waals surface area contributed by atoms with E-state index in [2.05, 4.69) is 0 Å². The second kappa shape index (κ2) is 5.28. The first-order valence-corrected chi connectivity index (χ1v) is 6.57. The van der Waals surface area contributed by atoms with Gasteiger partial charge in [0.2, 0.25) is 0 Å². The summed E-state index contributed by atoms with van der Waals surface area (Å²) in [6.07, 6.45) is 8.49. The number of carbonyl (C=O) groups excluding carboxylic acids is 1. The van der Waals surface area contributed by atoms with E-state index in [1.165, 1.54) is 6.42 Å². The Bertz CT molecular complexity index is 237. The van der Waals surface area contributed by atoms with Gasteiger partial charge >= 0.3 is 0 Å². The summed E-state index contributed by atoms with van der Waals surface area (Å²) in [6.45, 7) is 1.56. The third-order valence-corrected chi connectivity index (χ3v) is 4.19. The van der Waals surface area contributed by atoms with Crippen LogP contribution in [0.3, 0.4) is 0 Å². The third kappa shape index (κ3) is 2.83. The minimum absolute atomic E-state index is 0.174. The lowest BCUT2D eigenvalue weighted by Gasteiger charge is -2.40. The Morgan fingerprint density at radius 3 is 2.69 bits per heavy atom. The van der Waals surface area contributed by atoms with Crippen LogP contribution in [0.1, 0.15) is 51.4 Å². The molecule has 2 aliphatic rings. The van der Waals surface area contributed by atoms with Crippen LogP contribution in [-0.4, -0.2) is 25.0 Å². The van der Waals surface area contributed by atoms with Gasteiger partial charge in [-0.1, -0.05) is 6.42 Å². The van der Waals surface area contributed by atoms with Gasteiger partial charge in [0.1, 0.15) is 5.78 Å². The molecule has 0 aromatic rings. The summed E-state index contributed by atoms with van der Waals surface area (Å²) in [4.78, 5) is 11.9. The minimum Gasteiger partial charge on any atom is -0.378 e. The highest BCUT2D eigenvalue weighted by molar-refractivity contribution is 5.79. The van der Waals surface area contributed by atoms with E-state index in [1.807, 2.05) is 0 Å². The summed E-state index contributed by atoms with van der Waals surface area (Å²) in [6, 6.07) is 0. The van der Waals surface area contributed by atoms with E-state index in [0.717, 1.165) is 38.7 Å². The number of Topliss-reactive ketones (excluding diaryl/α,β-unsaturated/α-hetero) is 1. The highest BCUT2D eigenvalue weighted by Gasteiger charge is 2.37. The number of hydrogen-bond acceptors (Lipinski definition) is 3. The molecule has 16 heavy (non-hydrogen) atoms. The van der Waals surface area contributed by atoms with Crippen molar-refractivity contribution in [2.24, 2.45) is 11.1 Å². The fourth-order valence-electron chi connectivity index (χ4n) is 2.83. The Morgan fingerprint density at radius 1 is 1.38 bits per heavy atom. The maximum absolute atomic E-state index is 11.9. The standard InChI is InChI=1S/C13H23NO2/c14-10-13(6-2-7-13)9-11(15)4-5-12-3-1-8-16-12/h12H,1-10,14H2. The van der Waals surface area contributed by atoms with Crippen LogP contribution >= 0.6 is 0 Å². The maximum Gasteiger partial charge on any atom is 0.133 e. The number of rotatable bonds is 6. The molecule has 0 spiro atoms. The van der Waals surface area contributed by atoms with Crippen molar-refractivity contribution in [3.8, 4) is 0 Å². The van der Waals surface area contributed by atoms with E-state index in [4.69, 9.17) is 10.5 Å². The molecule has 1 saturated carbocycles. The first-order valence-electron chi connectivity index (χ1n) is 6.57. The van der Waals surface area contributed by atoms with Crippen LogP contribution in [0.5, 0.6) is 0 Å². The second-order valence-corrected chi connectivity index (χ2v) is 5.45. The molecular weight excluding hydrogens is 202 g/mol. The predicted octanol–water partition coefficient (Wildman–Crippen LogP) is 2.03. The molecule has 0 amide bonds. The molecule has 92 valence electrons. The molecule has 2 rings (SSSR count). The van der Waals surface area contributed by atoms with Crippen molar-refractivity contribution >= 4 is 5.78 Å². The van der Waals surface area contributed by atoms with Gasteiger partial charge in [-0.3, -0.25) is 4.79 Å². The SMILES string of the molecule is NCC1(CC(=O)CCC2CCCO2)CCC1. The van der Waals surface area contributed by atoms with Crippen molar-refractivity contribution in [3.63, 3.8) is 0 Å². The Balaban J connectivity index is 1.67. The predicted molar refractivity (Wildman–Crippen MR) is 63.2 cm³/mol. The molecule has 3 heteroatoms. The lowest BCUT2D eigenvalue weighted by molar-refractivity contribution is -0.123. The molecule has 1 atom stereocenters. The highest BCUT2D eigenvalue weighted by atomic mass is 16.5. The summed E-state index contributed by atoms with van der Waals surface area (Å²) in [5.74, 6) is 0.389. The Hall–Kier alpha value is -0.410. The molecule has 2 N–H and O–H groups in total. The van der Waals surface area contributed by atoms with E-state index in [0.29, 0.717) is 31.3 Å². The largest absolute Gasteiger partial charge is 0.378 e. The van der Waals surface area contributed by atoms with Crippen LogP contribution < -0.4 is 5.73 Å². The average Bonchev–Trinajstić information content (AvgIpc) is 2.73. The van der Waals surface area contributed by atoms with Crippen molar-refractivity contribution < 1.29 is 9.53 Å². The summed E-state index contributed by atoms with van der Waals surface area (Å²) >= 11 is 0. The van der Waals surface area contributed by atoms with Crippen LogP contribution in [0.15, 0.2) is 0 Å². The van der Waals surface area contributed by atoms with Gasteiger partial charge in [0, 0.05) is 19.4 Å². The maximum atomic E-state index is 11.9. The van der Waals surface area contributed by atoms with Crippen LogP contribution in [-0.2, 0) is 9.53 Å². The molecule has 1 aliphatic carbocycles. The zero-order valence-electron chi connectivity index (χ0n) is 10.0. The summed E-state index contributed by atoms with van der Waals surface area (Å²) < 4.78 is 5.52.